The van der Waals surface area contributed by atoms with Gasteiger partial charge in [0.15, 0.2) is 0 Å². The maximum absolute atomic E-state index is 11.2. The van der Waals surface area contributed by atoms with E-state index in [1.807, 2.05) is 24.9 Å². The lowest BCUT2D eigenvalue weighted by atomic mass is 10.3. The monoisotopic (exact) mass is 273 g/mol. The van der Waals surface area contributed by atoms with Crippen LogP contribution in [0.5, 0.6) is 0 Å². The lowest BCUT2D eigenvalue weighted by Gasteiger charge is -2.17. The summed E-state index contributed by atoms with van der Waals surface area (Å²) < 4.78 is 0. The van der Waals surface area contributed by atoms with Gasteiger partial charge in [-0.2, -0.15) is 0 Å². The molecular weight excluding hydrogens is 254 g/mol. The van der Waals surface area contributed by atoms with Gasteiger partial charge in [-0.3, -0.25) is 4.79 Å². The highest BCUT2D eigenvalue weighted by Crippen LogP contribution is 2.09. The molecule has 0 amide bonds. The van der Waals surface area contributed by atoms with Gasteiger partial charge >= 0.3 is 0 Å². The van der Waals surface area contributed by atoms with Gasteiger partial charge in [0.05, 0.1) is 0 Å². The molecule has 2 aromatic rings. The lowest BCUT2D eigenvalue weighted by Crippen LogP contribution is -2.24. The Morgan fingerprint density at radius 1 is 1.35 bits per heavy atom. The number of hydrogen-bond acceptors (Lipinski definition) is 5. The van der Waals surface area contributed by atoms with Gasteiger partial charge < -0.3 is 9.88 Å². The van der Waals surface area contributed by atoms with Crippen LogP contribution < -0.4 is 10.5 Å². The van der Waals surface area contributed by atoms with Crippen LogP contribution in [0.4, 0.5) is 5.95 Å². The first-order chi connectivity index (χ1) is 9.58. The summed E-state index contributed by atoms with van der Waals surface area (Å²) in [6, 6.07) is 3.40. The maximum atomic E-state index is 11.2. The highest BCUT2D eigenvalue weighted by molar-refractivity contribution is 5.31. The topological polar surface area (TPSA) is 74.8 Å². The van der Waals surface area contributed by atoms with Gasteiger partial charge in [-0.05, 0) is 19.4 Å². The third kappa shape index (κ3) is 3.63. The number of rotatable bonds is 5. The Morgan fingerprint density at radius 2 is 2.15 bits per heavy atom. The molecule has 0 bridgehead atoms. The molecule has 106 valence electrons. The van der Waals surface area contributed by atoms with E-state index in [9.17, 15) is 4.79 Å². The summed E-state index contributed by atoms with van der Waals surface area (Å²) in [4.78, 5) is 29.0. The van der Waals surface area contributed by atoms with Crippen LogP contribution in [-0.4, -0.2) is 33.5 Å². The third-order valence-electron chi connectivity index (χ3n) is 3.01. The molecule has 0 aromatic carbocycles. The highest BCUT2D eigenvalue weighted by atomic mass is 16.1. The van der Waals surface area contributed by atoms with Gasteiger partial charge in [0.2, 0.25) is 5.95 Å². The number of nitrogens with one attached hydrogen (secondary N) is 1. The first-order valence-corrected chi connectivity index (χ1v) is 6.68. The minimum atomic E-state index is -0.127. The van der Waals surface area contributed by atoms with E-state index in [2.05, 4.69) is 26.9 Å². The first-order valence-electron chi connectivity index (χ1n) is 6.68. The van der Waals surface area contributed by atoms with E-state index in [1.165, 1.54) is 12.3 Å². The summed E-state index contributed by atoms with van der Waals surface area (Å²) in [6.07, 6.45) is 3.05. The Morgan fingerprint density at radius 3 is 2.85 bits per heavy atom. The smallest absolute Gasteiger partial charge is 0.250 e. The van der Waals surface area contributed by atoms with Crippen LogP contribution in [0.25, 0.3) is 0 Å². The summed E-state index contributed by atoms with van der Waals surface area (Å²) in [7, 11) is 1.94. The van der Waals surface area contributed by atoms with Crippen LogP contribution >= 0.6 is 0 Å². The van der Waals surface area contributed by atoms with E-state index in [4.69, 9.17) is 0 Å². The van der Waals surface area contributed by atoms with Gasteiger partial charge in [-0.25, -0.2) is 15.0 Å². The molecule has 0 aliphatic heterocycles. The molecule has 0 aliphatic carbocycles. The third-order valence-corrected chi connectivity index (χ3v) is 3.01. The molecule has 0 saturated carbocycles. The summed E-state index contributed by atoms with van der Waals surface area (Å²) in [6.45, 7) is 4.73. The zero-order valence-electron chi connectivity index (χ0n) is 12.1. The van der Waals surface area contributed by atoms with Crippen molar-refractivity contribution in [1.29, 1.82) is 0 Å². The predicted molar refractivity (Wildman–Crippen MR) is 78.0 cm³/mol. The van der Waals surface area contributed by atoms with E-state index in [-0.39, 0.29) is 5.56 Å². The molecule has 1 N–H and O–H groups in total. The normalized spacial score (nSPS) is 10.6. The molecule has 2 aromatic heterocycles. The second-order valence-corrected chi connectivity index (χ2v) is 4.71. The minimum Gasteiger partial charge on any atom is -0.343 e. The predicted octanol–water partition coefficient (Wildman–Crippen LogP) is 1.11. The summed E-state index contributed by atoms with van der Waals surface area (Å²) in [5.41, 5.74) is 1.87. The molecule has 20 heavy (non-hydrogen) atoms. The number of H-pyrrole nitrogens is 1. The number of likely N-dealkylation sites (N-methyl/N-ethyl adjacent to an activating group) is 1. The number of aromatic amines is 1. The molecule has 2 rings (SSSR count). The van der Waals surface area contributed by atoms with Gasteiger partial charge in [0.25, 0.3) is 5.56 Å². The molecule has 2 heterocycles. The van der Waals surface area contributed by atoms with Crippen LogP contribution in [-0.2, 0) is 12.8 Å². The van der Waals surface area contributed by atoms with Crippen LogP contribution in [0.2, 0.25) is 0 Å². The van der Waals surface area contributed by atoms with Crippen LogP contribution in [0.1, 0.15) is 24.1 Å². The van der Waals surface area contributed by atoms with E-state index < -0.39 is 0 Å². The Kier molecular flexibility index (Phi) is 4.45. The Bertz CT molecular complexity index is 637. The maximum Gasteiger partial charge on any atom is 0.250 e. The molecule has 0 spiro atoms. The fourth-order valence-electron chi connectivity index (χ4n) is 1.88. The molecule has 0 unspecified atom stereocenters. The zero-order chi connectivity index (χ0) is 14.5. The largest absolute Gasteiger partial charge is 0.343 e. The summed E-state index contributed by atoms with van der Waals surface area (Å²) in [5.74, 6) is 1.38. The average molecular weight is 273 g/mol. The van der Waals surface area contributed by atoms with Crippen molar-refractivity contribution in [3.05, 3.63) is 45.9 Å². The molecule has 0 radical (unpaired) electrons. The van der Waals surface area contributed by atoms with Crippen LogP contribution in [0, 0.1) is 6.92 Å². The van der Waals surface area contributed by atoms with Gasteiger partial charge in [-0.15, -0.1) is 0 Å². The molecule has 0 saturated heterocycles. The van der Waals surface area contributed by atoms with Crippen molar-refractivity contribution in [1.82, 2.24) is 19.9 Å². The van der Waals surface area contributed by atoms with Crippen molar-refractivity contribution in [2.24, 2.45) is 0 Å². The molecule has 6 nitrogen and oxygen atoms in total. The quantitative estimate of drug-likeness (QED) is 0.883. The van der Waals surface area contributed by atoms with E-state index in [0.717, 1.165) is 17.8 Å². The molecule has 0 aliphatic rings. The number of nitrogens with zero attached hydrogens (tertiary/aromatic N) is 4. The van der Waals surface area contributed by atoms with E-state index >= 15 is 0 Å². The average Bonchev–Trinajstić information content (AvgIpc) is 2.44. The second-order valence-electron chi connectivity index (χ2n) is 4.71. The number of hydrogen-bond donors (Lipinski definition) is 1. The van der Waals surface area contributed by atoms with Crippen molar-refractivity contribution >= 4 is 5.95 Å². The second kappa shape index (κ2) is 6.27. The fourth-order valence-corrected chi connectivity index (χ4v) is 1.88. The van der Waals surface area contributed by atoms with Gasteiger partial charge in [0, 0.05) is 43.7 Å². The van der Waals surface area contributed by atoms with Crippen molar-refractivity contribution in [3.63, 3.8) is 0 Å². The van der Waals surface area contributed by atoms with Gasteiger partial charge in [0.1, 0.15) is 5.82 Å². The van der Waals surface area contributed by atoms with Gasteiger partial charge in [-0.1, -0.05) is 6.92 Å². The Hall–Kier alpha value is -2.24. The van der Waals surface area contributed by atoms with Crippen molar-refractivity contribution in [2.45, 2.75) is 26.7 Å². The first kappa shape index (κ1) is 14.2. The summed E-state index contributed by atoms with van der Waals surface area (Å²) in [5, 5.41) is 0. The zero-order valence-corrected chi connectivity index (χ0v) is 12.1. The molecular formula is C14H19N5O. The molecule has 0 fully saturated rings. The highest BCUT2D eigenvalue weighted by Gasteiger charge is 2.07. The molecule has 6 heteroatoms. The van der Waals surface area contributed by atoms with Crippen LogP contribution in [0.3, 0.4) is 0 Å². The minimum absolute atomic E-state index is 0.127. The number of aryl methyl sites for hydroxylation is 2. The lowest BCUT2D eigenvalue weighted by molar-refractivity contribution is 0.782. The van der Waals surface area contributed by atoms with Crippen molar-refractivity contribution < 1.29 is 0 Å². The van der Waals surface area contributed by atoms with E-state index in [1.54, 1.807) is 0 Å². The summed E-state index contributed by atoms with van der Waals surface area (Å²) >= 11 is 0. The van der Waals surface area contributed by atoms with Crippen molar-refractivity contribution in [2.75, 3.05) is 18.5 Å². The number of aromatic nitrogens is 4. The molecule has 0 atom stereocenters. The standard InChI is InChI=1S/C14H19N5O/c1-4-11-9-10(2)16-14(17-11)19(3)8-6-12-15-7-5-13(20)18-12/h5,7,9H,4,6,8H2,1-3H3,(H,15,18,20). The Balaban J connectivity index is 2.06. The number of anilines is 1. The SMILES string of the molecule is CCc1cc(C)nc(N(C)CCc2nccc(=O)[nH]2)n1. The van der Waals surface area contributed by atoms with E-state index in [0.29, 0.717) is 24.7 Å². The Labute approximate surface area is 117 Å². The fraction of sp³-hybridized carbons (Fsp3) is 0.429. The van der Waals surface area contributed by atoms with Crippen LogP contribution in [0.15, 0.2) is 23.1 Å². The van der Waals surface area contributed by atoms with Crippen molar-refractivity contribution in [3.8, 4) is 0 Å².